The number of halogens is 2. The zero-order chi connectivity index (χ0) is 15.6. The summed E-state index contributed by atoms with van der Waals surface area (Å²) in [7, 11) is 0. The van der Waals surface area contributed by atoms with Crippen LogP contribution in [0.3, 0.4) is 0 Å². The second-order valence-electron chi connectivity index (χ2n) is 5.49. The van der Waals surface area contributed by atoms with E-state index in [1.807, 2.05) is 32.0 Å². The van der Waals surface area contributed by atoms with Crippen LogP contribution in [0.4, 0.5) is 5.69 Å². The molecule has 114 valence electrons. The van der Waals surface area contributed by atoms with E-state index in [9.17, 15) is 9.59 Å². The van der Waals surface area contributed by atoms with Gasteiger partial charge in [0.2, 0.25) is 11.8 Å². The van der Waals surface area contributed by atoms with E-state index in [0.29, 0.717) is 18.7 Å². The van der Waals surface area contributed by atoms with E-state index in [2.05, 4.69) is 37.2 Å². The van der Waals surface area contributed by atoms with Crippen molar-refractivity contribution in [2.24, 2.45) is 5.92 Å². The van der Waals surface area contributed by atoms with Crippen molar-refractivity contribution >= 4 is 49.4 Å². The lowest BCUT2D eigenvalue weighted by molar-refractivity contribution is -0.136. The fraction of sp³-hybridized carbons (Fsp3) is 0.467. The second kappa shape index (κ2) is 6.92. The number of carbonyl (C=O) groups is 2. The Hall–Kier alpha value is -0.880. The molecule has 0 aliphatic carbocycles. The molecule has 1 saturated heterocycles. The highest BCUT2D eigenvalue weighted by Gasteiger charge is 2.35. The number of amides is 2. The van der Waals surface area contributed by atoms with Crippen molar-refractivity contribution in [2.45, 2.75) is 32.7 Å². The molecule has 0 spiro atoms. The first-order valence-corrected chi connectivity index (χ1v) is 8.54. The van der Waals surface area contributed by atoms with Gasteiger partial charge in [-0.05, 0) is 46.5 Å². The Morgan fingerprint density at radius 1 is 1.33 bits per heavy atom. The van der Waals surface area contributed by atoms with E-state index in [4.69, 9.17) is 0 Å². The predicted molar refractivity (Wildman–Crippen MR) is 90.0 cm³/mol. The lowest BCUT2D eigenvalue weighted by Crippen LogP contribution is -2.48. The molecule has 1 aromatic rings. The molecule has 1 heterocycles. The minimum atomic E-state index is -0.425. The Labute approximate surface area is 141 Å². The summed E-state index contributed by atoms with van der Waals surface area (Å²) in [5.41, 5.74) is 0.701. The van der Waals surface area contributed by atoms with Crippen LogP contribution >= 0.6 is 31.9 Å². The molecule has 4 nitrogen and oxygen atoms in total. The smallest absolute Gasteiger partial charge is 0.247 e. The number of likely N-dealkylation sites (tertiary alicyclic amines) is 1. The fourth-order valence-corrected chi connectivity index (χ4v) is 3.27. The highest BCUT2D eigenvalue weighted by Crippen LogP contribution is 2.27. The normalized spacial score (nSPS) is 16.4. The van der Waals surface area contributed by atoms with Gasteiger partial charge in [-0.1, -0.05) is 29.8 Å². The molecule has 1 aliphatic rings. The van der Waals surface area contributed by atoms with Gasteiger partial charge in [0.05, 0.1) is 5.69 Å². The molecule has 1 fully saturated rings. The highest BCUT2D eigenvalue weighted by molar-refractivity contribution is 9.11. The Morgan fingerprint density at radius 3 is 2.62 bits per heavy atom. The molecule has 2 rings (SSSR count). The van der Waals surface area contributed by atoms with Crippen molar-refractivity contribution in [2.75, 3.05) is 11.9 Å². The largest absolute Gasteiger partial charge is 0.330 e. The van der Waals surface area contributed by atoms with E-state index in [1.165, 1.54) is 0 Å². The summed E-state index contributed by atoms with van der Waals surface area (Å²) >= 11 is 6.82. The third-order valence-corrected chi connectivity index (χ3v) is 4.72. The number of hydrogen-bond acceptors (Lipinski definition) is 2. The van der Waals surface area contributed by atoms with Crippen molar-refractivity contribution in [3.63, 3.8) is 0 Å². The zero-order valence-electron chi connectivity index (χ0n) is 12.0. The van der Waals surface area contributed by atoms with E-state index in [-0.39, 0.29) is 17.7 Å². The van der Waals surface area contributed by atoms with Crippen molar-refractivity contribution in [1.29, 1.82) is 0 Å². The lowest BCUT2D eigenvalue weighted by atomic mass is 10.0. The molecule has 21 heavy (non-hydrogen) atoms. The fourth-order valence-electron chi connectivity index (χ4n) is 2.57. The molecule has 0 saturated carbocycles. The summed E-state index contributed by atoms with van der Waals surface area (Å²) in [4.78, 5) is 26.2. The molecule has 1 atom stereocenters. The Bertz CT molecular complexity index is 561. The summed E-state index contributed by atoms with van der Waals surface area (Å²) in [6, 6.07) is 5.17. The second-order valence-corrected chi connectivity index (χ2v) is 7.26. The van der Waals surface area contributed by atoms with Gasteiger partial charge in [-0.3, -0.25) is 9.59 Å². The van der Waals surface area contributed by atoms with Gasteiger partial charge in [0, 0.05) is 21.9 Å². The number of carbonyl (C=O) groups excluding carboxylic acids is 2. The molecule has 0 bridgehead atoms. The van der Waals surface area contributed by atoms with Crippen LogP contribution in [0.25, 0.3) is 0 Å². The third kappa shape index (κ3) is 3.86. The SMILES string of the molecule is CC(C)C(C(=O)Nc1cc(Br)ccc1Br)N1CCCC1=O. The Morgan fingerprint density at radius 2 is 2.05 bits per heavy atom. The standard InChI is InChI=1S/C15H18Br2N2O2/c1-9(2)14(19-7-3-4-13(19)20)15(21)18-12-8-10(16)5-6-11(12)17/h5-6,8-9,14H,3-4,7H2,1-2H3,(H,18,21). The van der Waals surface area contributed by atoms with Gasteiger partial charge < -0.3 is 10.2 Å². The summed E-state index contributed by atoms with van der Waals surface area (Å²) < 4.78 is 1.70. The van der Waals surface area contributed by atoms with E-state index in [1.54, 1.807) is 4.90 Å². The van der Waals surface area contributed by atoms with Gasteiger partial charge in [-0.2, -0.15) is 0 Å². The molecular weight excluding hydrogens is 400 g/mol. The lowest BCUT2D eigenvalue weighted by Gasteiger charge is -2.30. The first-order valence-electron chi connectivity index (χ1n) is 6.95. The summed E-state index contributed by atoms with van der Waals surface area (Å²) in [6.07, 6.45) is 1.37. The van der Waals surface area contributed by atoms with Crippen LogP contribution in [0.15, 0.2) is 27.1 Å². The third-order valence-electron chi connectivity index (χ3n) is 3.53. The monoisotopic (exact) mass is 416 g/mol. The van der Waals surface area contributed by atoms with E-state index < -0.39 is 6.04 Å². The van der Waals surface area contributed by atoms with Crippen LogP contribution in [-0.4, -0.2) is 29.3 Å². The first-order chi connectivity index (χ1) is 9.90. The predicted octanol–water partition coefficient (Wildman–Crippen LogP) is 3.80. The maximum atomic E-state index is 12.6. The van der Waals surface area contributed by atoms with Gasteiger partial charge in [0.1, 0.15) is 6.04 Å². The van der Waals surface area contributed by atoms with Gasteiger partial charge in [0.25, 0.3) is 0 Å². The van der Waals surface area contributed by atoms with Crippen molar-refractivity contribution in [1.82, 2.24) is 4.90 Å². The van der Waals surface area contributed by atoms with Crippen LogP contribution in [0.5, 0.6) is 0 Å². The molecule has 6 heteroatoms. The van der Waals surface area contributed by atoms with Crippen molar-refractivity contribution < 1.29 is 9.59 Å². The minimum Gasteiger partial charge on any atom is -0.330 e. The summed E-state index contributed by atoms with van der Waals surface area (Å²) in [5.74, 6) is -0.00538. The quantitative estimate of drug-likeness (QED) is 0.809. The molecule has 1 N–H and O–H groups in total. The van der Waals surface area contributed by atoms with Crippen molar-refractivity contribution in [3.8, 4) is 0 Å². The number of nitrogens with zero attached hydrogens (tertiary/aromatic N) is 1. The maximum absolute atomic E-state index is 12.6. The van der Waals surface area contributed by atoms with Gasteiger partial charge in [-0.15, -0.1) is 0 Å². The molecule has 2 amide bonds. The van der Waals surface area contributed by atoms with Crippen LogP contribution in [-0.2, 0) is 9.59 Å². The minimum absolute atomic E-state index is 0.0668. The van der Waals surface area contributed by atoms with Crippen LogP contribution in [0, 0.1) is 5.92 Å². The molecule has 1 aromatic carbocycles. The van der Waals surface area contributed by atoms with Gasteiger partial charge >= 0.3 is 0 Å². The Kier molecular flexibility index (Phi) is 5.43. The molecule has 1 unspecified atom stereocenters. The average Bonchev–Trinajstić information content (AvgIpc) is 2.80. The number of anilines is 1. The number of hydrogen-bond donors (Lipinski definition) is 1. The van der Waals surface area contributed by atoms with E-state index >= 15 is 0 Å². The van der Waals surface area contributed by atoms with Crippen LogP contribution in [0.2, 0.25) is 0 Å². The highest BCUT2D eigenvalue weighted by atomic mass is 79.9. The van der Waals surface area contributed by atoms with Crippen LogP contribution in [0.1, 0.15) is 26.7 Å². The number of rotatable bonds is 4. The van der Waals surface area contributed by atoms with E-state index in [0.717, 1.165) is 15.4 Å². The van der Waals surface area contributed by atoms with Crippen molar-refractivity contribution in [3.05, 3.63) is 27.1 Å². The topological polar surface area (TPSA) is 49.4 Å². The summed E-state index contributed by atoms with van der Waals surface area (Å²) in [6.45, 7) is 4.59. The molecular formula is C15H18Br2N2O2. The molecule has 0 aromatic heterocycles. The number of nitrogens with one attached hydrogen (secondary N) is 1. The Balaban J connectivity index is 2.19. The van der Waals surface area contributed by atoms with Gasteiger partial charge in [0.15, 0.2) is 0 Å². The van der Waals surface area contributed by atoms with Crippen LogP contribution < -0.4 is 5.32 Å². The first kappa shape index (κ1) is 16.5. The zero-order valence-corrected chi connectivity index (χ0v) is 15.2. The van der Waals surface area contributed by atoms with Gasteiger partial charge in [-0.25, -0.2) is 0 Å². The average molecular weight is 418 g/mol. The summed E-state index contributed by atoms with van der Waals surface area (Å²) in [5, 5.41) is 2.92. The molecule has 0 radical (unpaired) electrons. The molecule has 1 aliphatic heterocycles. The number of benzene rings is 1. The maximum Gasteiger partial charge on any atom is 0.247 e.